The van der Waals surface area contributed by atoms with Crippen molar-refractivity contribution in [3.05, 3.63) is 0 Å². The van der Waals surface area contributed by atoms with Crippen molar-refractivity contribution in [2.75, 3.05) is 0 Å². The van der Waals surface area contributed by atoms with Crippen LogP contribution in [0, 0.1) is 0 Å². The molecule has 0 heterocycles. The average molecular weight is 186 g/mol. The Morgan fingerprint density at radius 2 is 1.00 bits per heavy atom. The van der Waals surface area contributed by atoms with Crippen molar-refractivity contribution >= 4 is 12.3 Å². The quantitative estimate of drug-likeness (QED) is 0.412. The van der Waals surface area contributed by atoms with Crippen LogP contribution < -0.4 is 10.2 Å². The fourth-order valence-electron chi connectivity index (χ4n) is 0. The second kappa shape index (κ2) is 10.1. The maximum Gasteiger partial charge on any atom is 2.00 e. The van der Waals surface area contributed by atoms with Crippen LogP contribution in [0.5, 0.6) is 0 Å². The Morgan fingerprint density at radius 1 is 1.00 bits per heavy atom. The first-order chi connectivity index (χ1) is 3.46. The van der Waals surface area contributed by atoms with E-state index in [1.54, 1.807) is 0 Å². The van der Waals surface area contributed by atoms with Crippen molar-refractivity contribution in [1.29, 1.82) is 0 Å². The zero-order valence-electron chi connectivity index (χ0n) is 3.83. The first kappa shape index (κ1) is 15.7. The Balaban J connectivity index is -0.0000000720. The Morgan fingerprint density at radius 3 is 1.00 bits per heavy atom. The molecule has 0 rings (SSSR count). The summed E-state index contributed by atoms with van der Waals surface area (Å²) in [5.74, 6) is 0. The number of hydrogen-bond acceptors (Lipinski definition) is 4. The van der Waals surface area contributed by atoms with Crippen molar-refractivity contribution in [2.45, 2.75) is 0 Å². The summed E-state index contributed by atoms with van der Waals surface area (Å²) in [5, 5.41) is 30.6. The summed E-state index contributed by atoms with van der Waals surface area (Å²) in [5.41, 5.74) is 0. The summed E-state index contributed by atoms with van der Waals surface area (Å²) in [6.07, 6.45) is -4.17. The SMILES string of the molecule is O=C([O-])O.O=C([O-])O.[Cu+2]. The van der Waals surface area contributed by atoms with Crippen LogP contribution >= 0.6 is 0 Å². The second-order valence-corrected chi connectivity index (χ2v) is 0.532. The van der Waals surface area contributed by atoms with Crippen LogP contribution in [0.2, 0.25) is 0 Å². The molecule has 0 saturated heterocycles. The van der Waals surface area contributed by atoms with Crippen LogP contribution in [0.1, 0.15) is 0 Å². The molecule has 0 aromatic rings. The molecule has 1 radical (unpaired) electrons. The van der Waals surface area contributed by atoms with E-state index in [1.165, 1.54) is 0 Å². The molecule has 6 nitrogen and oxygen atoms in total. The summed E-state index contributed by atoms with van der Waals surface area (Å²) in [6.45, 7) is 0. The monoisotopic (exact) mass is 185 g/mol. The Hall–Kier alpha value is -0.941. The van der Waals surface area contributed by atoms with Crippen molar-refractivity contribution in [2.24, 2.45) is 0 Å². The van der Waals surface area contributed by atoms with Gasteiger partial charge in [0.25, 0.3) is 0 Å². The third-order valence-electron chi connectivity index (χ3n) is 0. The molecule has 7 heteroatoms. The summed E-state index contributed by atoms with van der Waals surface area (Å²) >= 11 is 0. The first-order valence-electron chi connectivity index (χ1n) is 1.26. The first-order valence-corrected chi connectivity index (χ1v) is 1.26. The largest absolute Gasteiger partial charge is 2.00 e. The normalized spacial score (nSPS) is 5.33. The van der Waals surface area contributed by atoms with Gasteiger partial charge >= 0.3 is 17.1 Å². The average Bonchev–Trinajstić information content (AvgIpc) is 1.25. The van der Waals surface area contributed by atoms with Gasteiger partial charge in [-0.25, -0.2) is 0 Å². The third-order valence-corrected chi connectivity index (χ3v) is 0. The van der Waals surface area contributed by atoms with Gasteiger partial charge in [-0.15, -0.1) is 0 Å². The molecule has 0 amide bonds. The maximum atomic E-state index is 8.44. The molecule has 0 saturated carbocycles. The van der Waals surface area contributed by atoms with Crippen LogP contribution in [0.25, 0.3) is 0 Å². The number of hydrogen-bond donors (Lipinski definition) is 2. The molecule has 0 atom stereocenters. The predicted octanol–water partition coefficient (Wildman–Crippen LogP) is -2.23. The molecule has 0 aromatic heterocycles. The van der Waals surface area contributed by atoms with Gasteiger partial charge in [0.2, 0.25) is 12.3 Å². The van der Waals surface area contributed by atoms with Gasteiger partial charge in [0.1, 0.15) is 0 Å². The number of rotatable bonds is 0. The van der Waals surface area contributed by atoms with Crippen LogP contribution in [0.4, 0.5) is 9.59 Å². The zero-order chi connectivity index (χ0) is 7.15. The summed E-state index contributed by atoms with van der Waals surface area (Å²) in [6, 6.07) is 0. The van der Waals surface area contributed by atoms with E-state index in [9.17, 15) is 0 Å². The molecule has 0 aliphatic heterocycles. The molecular weight excluding hydrogens is 184 g/mol. The zero-order valence-corrected chi connectivity index (χ0v) is 4.77. The van der Waals surface area contributed by atoms with E-state index in [4.69, 9.17) is 30.0 Å². The maximum absolute atomic E-state index is 8.44. The molecule has 0 aliphatic rings. The molecule has 0 unspecified atom stereocenters. The van der Waals surface area contributed by atoms with Gasteiger partial charge < -0.3 is 30.0 Å². The van der Waals surface area contributed by atoms with E-state index in [-0.39, 0.29) is 17.1 Å². The van der Waals surface area contributed by atoms with Crippen molar-refractivity contribution in [1.82, 2.24) is 0 Å². The van der Waals surface area contributed by atoms with Crippen LogP contribution in [0.3, 0.4) is 0 Å². The molecule has 0 bridgehead atoms. The third kappa shape index (κ3) is 204. The minimum Gasteiger partial charge on any atom is -0.565 e. The van der Waals surface area contributed by atoms with Crippen LogP contribution in [-0.2, 0) is 17.1 Å². The molecule has 0 aliphatic carbocycles. The van der Waals surface area contributed by atoms with Crippen LogP contribution in [0.15, 0.2) is 0 Å². The summed E-state index contributed by atoms with van der Waals surface area (Å²) in [4.78, 5) is 16.9. The Labute approximate surface area is 60.2 Å². The van der Waals surface area contributed by atoms with Gasteiger partial charge in [0.15, 0.2) is 0 Å². The minimum absolute atomic E-state index is 0. The Kier molecular flexibility index (Phi) is 17.7. The molecule has 9 heavy (non-hydrogen) atoms. The van der Waals surface area contributed by atoms with Crippen molar-refractivity contribution < 1.29 is 47.1 Å². The number of carbonyl (C=O) groups is 2. The van der Waals surface area contributed by atoms with Gasteiger partial charge in [-0.3, -0.25) is 0 Å². The van der Waals surface area contributed by atoms with Gasteiger partial charge in [-0.1, -0.05) is 0 Å². The van der Waals surface area contributed by atoms with Gasteiger partial charge in [0, 0.05) is 0 Å². The van der Waals surface area contributed by atoms with Gasteiger partial charge in [-0.2, -0.15) is 0 Å². The van der Waals surface area contributed by atoms with E-state index in [1.807, 2.05) is 0 Å². The fraction of sp³-hybridized carbons (Fsp3) is 0. The van der Waals surface area contributed by atoms with Crippen molar-refractivity contribution in [3.63, 3.8) is 0 Å². The second-order valence-electron chi connectivity index (χ2n) is 0.532. The van der Waals surface area contributed by atoms with E-state index >= 15 is 0 Å². The Bertz CT molecular complexity index is 69.1. The van der Waals surface area contributed by atoms with Crippen molar-refractivity contribution in [3.8, 4) is 0 Å². The smallest absolute Gasteiger partial charge is 0.565 e. The minimum atomic E-state index is -2.08. The van der Waals surface area contributed by atoms with Gasteiger partial charge in [0.05, 0.1) is 0 Å². The molecule has 57 valence electrons. The predicted molar refractivity (Wildman–Crippen MR) is 16.0 cm³/mol. The number of carboxylic acid groups (broad SMARTS) is 4. The fourth-order valence-corrected chi connectivity index (χ4v) is 0. The molecule has 0 aromatic carbocycles. The molecular formula is C2H2CuO6. The van der Waals surface area contributed by atoms with Crippen LogP contribution in [-0.4, -0.2) is 22.5 Å². The summed E-state index contributed by atoms with van der Waals surface area (Å²) in [7, 11) is 0. The summed E-state index contributed by atoms with van der Waals surface area (Å²) < 4.78 is 0. The molecule has 2 N–H and O–H groups in total. The molecule has 0 fully saturated rings. The van der Waals surface area contributed by atoms with E-state index in [0.717, 1.165) is 0 Å². The van der Waals surface area contributed by atoms with Gasteiger partial charge in [-0.05, 0) is 0 Å². The van der Waals surface area contributed by atoms with E-state index in [2.05, 4.69) is 0 Å². The van der Waals surface area contributed by atoms with E-state index in [0.29, 0.717) is 0 Å². The topological polar surface area (TPSA) is 121 Å². The van der Waals surface area contributed by atoms with E-state index < -0.39 is 12.3 Å². The molecule has 0 spiro atoms. The standard InChI is InChI=1S/2CH2O3.Cu/c2*2-1(3)4;/h2*(H2,2,3,4);/q;;+2/p-2.